The molecular weight excluding hydrogens is 146 g/mol. The Balaban J connectivity index is 2.08. The van der Waals surface area contributed by atoms with Crippen LogP contribution in [0.15, 0.2) is 0 Å². The minimum absolute atomic E-state index is 0.654. The summed E-state index contributed by atoms with van der Waals surface area (Å²) in [6.45, 7) is 5.64. The molecule has 2 unspecified atom stereocenters. The first-order chi connectivity index (χ1) is 5.74. The van der Waals surface area contributed by atoms with Crippen LogP contribution in [0.5, 0.6) is 0 Å². The Kier molecular flexibility index (Phi) is 3.62. The molecule has 2 atom stereocenters. The van der Waals surface area contributed by atoms with Crippen LogP contribution in [0.4, 0.5) is 0 Å². The third-order valence-corrected chi connectivity index (χ3v) is 2.72. The topological polar surface area (TPSA) is 12.0 Å². The third kappa shape index (κ3) is 3.28. The van der Waals surface area contributed by atoms with Crippen molar-refractivity contribution < 1.29 is 0 Å². The molecule has 1 saturated carbocycles. The average molecular weight is 165 g/mol. The Morgan fingerprint density at radius 1 is 1.42 bits per heavy atom. The number of rotatable bonds is 5. The second kappa shape index (κ2) is 4.52. The van der Waals surface area contributed by atoms with E-state index in [1.54, 1.807) is 0 Å². The van der Waals surface area contributed by atoms with Crippen molar-refractivity contribution in [3.63, 3.8) is 0 Å². The zero-order valence-electron chi connectivity index (χ0n) is 8.14. The van der Waals surface area contributed by atoms with Crippen molar-refractivity contribution in [1.82, 2.24) is 5.32 Å². The molecular formula is C11H19N. The molecule has 0 aliphatic heterocycles. The Hall–Kier alpha value is -0.480. The lowest BCUT2D eigenvalue weighted by Gasteiger charge is -2.17. The number of nitrogens with one attached hydrogen (secondary N) is 1. The third-order valence-electron chi connectivity index (χ3n) is 2.72. The average Bonchev–Trinajstić information content (AvgIpc) is 2.83. The first kappa shape index (κ1) is 9.61. The fraction of sp³-hybridized carbons (Fsp3) is 0.818. The van der Waals surface area contributed by atoms with Crippen LogP contribution in [0.1, 0.15) is 33.1 Å². The van der Waals surface area contributed by atoms with E-state index in [0.29, 0.717) is 11.8 Å². The van der Waals surface area contributed by atoms with E-state index in [1.165, 1.54) is 12.8 Å². The van der Waals surface area contributed by atoms with Gasteiger partial charge in [-0.15, -0.1) is 12.3 Å². The quantitative estimate of drug-likeness (QED) is 0.615. The van der Waals surface area contributed by atoms with E-state index in [9.17, 15) is 0 Å². The number of hydrogen-bond acceptors (Lipinski definition) is 1. The van der Waals surface area contributed by atoms with Crippen LogP contribution in [0.25, 0.3) is 0 Å². The molecule has 1 heteroatoms. The van der Waals surface area contributed by atoms with Gasteiger partial charge in [-0.25, -0.2) is 0 Å². The van der Waals surface area contributed by atoms with E-state index in [0.717, 1.165) is 19.0 Å². The number of terminal acetylenes is 1. The second-order valence-corrected chi connectivity index (χ2v) is 4.05. The summed E-state index contributed by atoms with van der Waals surface area (Å²) in [5, 5.41) is 3.53. The smallest absolute Gasteiger partial charge is 0.0115 e. The summed E-state index contributed by atoms with van der Waals surface area (Å²) in [5.41, 5.74) is 0. The van der Waals surface area contributed by atoms with Gasteiger partial charge in [0.1, 0.15) is 0 Å². The lowest BCUT2D eigenvalue weighted by atomic mass is 9.93. The lowest BCUT2D eigenvalue weighted by molar-refractivity contribution is 0.372. The first-order valence-corrected chi connectivity index (χ1v) is 4.91. The van der Waals surface area contributed by atoms with Gasteiger partial charge in [0.2, 0.25) is 0 Å². The predicted molar refractivity (Wildman–Crippen MR) is 52.8 cm³/mol. The van der Waals surface area contributed by atoms with Gasteiger partial charge in [0, 0.05) is 12.5 Å². The van der Waals surface area contributed by atoms with Crippen molar-refractivity contribution in [1.29, 1.82) is 0 Å². The van der Waals surface area contributed by atoms with Crippen molar-refractivity contribution in [2.45, 2.75) is 39.2 Å². The Morgan fingerprint density at radius 2 is 2.08 bits per heavy atom. The molecule has 0 heterocycles. The normalized spacial score (nSPS) is 21.4. The fourth-order valence-corrected chi connectivity index (χ4v) is 1.23. The molecule has 0 aromatic rings. The highest BCUT2D eigenvalue weighted by molar-refractivity contribution is 4.88. The molecule has 1 aliphatic carbocycles. The fourth-order valence-electron chi connectivity index (χ4n) is 1.23. The molecule has 1 aliphatic rings. The molecule has 1 N–H and O–H groups in total. The standard InChI is InChI=1S/C11H19N/c1-4-5-9(2)10(3)8-12-11-6-7-11/h1,9-12H,5-8H2,2-3H3. The van der Waals surface area contributed by atoms with Crippen molar-refractivity contribution in [2.75, 3.05) is 6.54 Å². The highest BCUT2D eigenvalue weighted by Gasteiger charge is 2.21. The Bertz CT molecular complexity index is 164. The van der Waals surface area contributed by atoms with E-state index < -0.39 is 0 Å². The van der Waals surface area contributed by atoms with Gasteiger partial charge in [-0.2, -0.15) is 0 Å². The van der Waals surface area contributed by atoms with E-state index in [4.69, 9.17) is 6.42 Å². The summed E-state index contributed by atoms with van der Waals surface area (Å²) in [6.07, 6.45) is 8.92. The highest BCUT2D eigenvalue weighted by Crippen LogP contribution is 2.20. The maximum absolute atomic E-state index is 5.27. The largest absolute Gasteiger partial charge is 0.314 e. The molecule has 1 fully saturated rings. The summed E-state index contributed by atoms with van der Waals surface area (Å²) >= 11 is 0. The number of hydrogen-bond donors (Lipinski definition) is 1. The summed E-state index contributed by atoms with van der Waals surface area (Å²) in [7, 11) is 0. The second-order valence-electron chi connectivity index (χ2n) is 4.05. The Morgan fingerprint density at radius 3 is 2.58 bits per heavy atom. The molecule has 0 bridgehead atoms. The molecule has 0 saturated heterocycles. The summed E-state index contributed by atoms with van der Waals surface area (Å²) in [5.74, 6) is 4.09. The van der Waals surface area contributed by atoms with Crippen LogP contribution >= 0.6 is 0 Å². The molecule has 0 aromatic heterocycles. The Labute approximate surface area is 75.9 Å². The van der Waals surface area contributed by atoms with Crippen LogP contribution in [0, 0.1) is 24.2 Å². The molecule has 1 nitrogen and oxygen atoms in total. The van der Waals surface area contributed by atoms with Crippen molar-refractivity contribution in [3.8, 4) is 12.3 Å². The molecule has 0 spiro atoms. The van der Waals surface area contributed by atoms with Gasteiger partial charge in [0.05, 0.1) is 0 Å². The van der Waals surface area contributed by atoms with Gasteiger partial charge >= 0.3 is 0 Å². The molecule has 12 heavy (non-hydrogen) atoms. The molecule has 0 amide bonds. The van der Waals surface area contributed by atoms with Gasteiger partial charge in [-0.05, 0) is 31.2 Å². The van der Waals surface area contributed by atoms with Crippen LogP contribution in [0.3, 0.4) is 0 Å². The van der Waals surface area contributed by atoms with Crippen LogP contribution in [-0.4, -0.2) is 12.6 Å². The minimum atomic E-state index is 0.654. The van der Waals surface area contributed by atoms with Gasteiger partial charge in [-0.3, -0.25) is 0 Å². The predicted octanol–water partition coefficient (Wildman–Crippen LogP) is 2.03. The van der Waals surface area contributed by atoms with Gasteiger partial charge < -0.3 is 5.32 Å². The van der Waals surface area contributed by atoms with E-state index >= 15 is 0 Å². The zero-order chi connectivity index (χ0) is 8.97. The van der Waals surface area contributed by atoms with Crippen molar-refractivity contribution >= 4 is 0 Å². The van der Waals surface area contributed by atoms with E-state index in [1.807, 2.05) is 0 Å². The molecule has 1 rings (SSSR count). The summed E-state index contributed by atoms with van der Waals surface area (Å²) < 4.78 is 0. The van der Waals surface area contributed by atoms with Gasteiger partial charge in [0.15, 0.2) is 0 Å². The van der Waals surface area contributed by atoms with Crippen LogP contribution in [0.2, 0.25) is 0 Å². The summed E-state index contributed by atoms with van der Waals surface area (Å²) in [4.78, 5) is 0. The molecule has 0 aromatic carbocycles. The highest BCUT2D eigenvalue weighted by atomic mass is 14.9. The minimum Gasteiger partial charge on any atom is -0.314 e. The maximum atomic E-state index is 5.27. The molecule has 68 valence electrons. The van der Waals surface area contributed by atoms with Gasteiger partial charge in [-0.1, -0.05) is 13.8 Å². The van der Waals surface area contributed by atoms with E-state index in [-0.39, 0.29) is 0 Å². The van der Waals surface area contributed by atoms with E-state index in [2.05, 4.69) is 25.1 Å². The molecule has 0 radical (unpaired) electrons. The SMILES string of the molecule is C#CCC(C)C(C)CNC1CC1. The maximum Gasteiger partial charge on any atom is 0.0115 e. The lowest BCUT2D eigenvalue weighted by Crippen LogP contribution is -2.26. The summed E-state index contributed by atoms with van der Waals surface area (Å²) in [6, 6.07) is 0.825. The zero-order valence-corrected chi connectivity index (χ0v) is 8.14. The van der Waals surface area contributed by atoms with Crippen molar-refractivity contribution in [2.24, 2.45) is 11.8 Å². The first-order valence-electron chi connectivity index (χ1n) is 4.91. The van der Waals surface area contributed by atoms with Crippen LogP contribution in [-0.2, 0) is 0 Å². The van der Waals surface area contributed by atoms with Gasteiger partial charge in [0.25, 0.3) is 0 Å². The van der Waals surface area contributed by atoms with Crippen molar-refractivity contribution in [3.05, 3.63) is 0 Å². The monoisotopic (exact) mass is 165 g/mol. The van der Waals surface area contributed by atoms with Crippen LogP contribution < -0.4 is 5.32 Å².